The molecule has 3 rings (SSSR count). The first kappa shape index (κ1) is 26.9. The van der Waals surface area contributed by atoms with Gasteiger partial charge >= 0.3 is 0 Å². The van der Waals surface area contributed by atoms with E-state index in [0.29, 0.717) is 5.95 Å². The summed E-state index contributed by atoms with van der Waals surface area (Å²) in [5, 5.41) is 17.7. The number of nitrogens with one attached hydrogen (secondary N) is 2. The maximum Gasteiger partial charge on any atom is 0.224 e. The highest BCUT2D eigenvalue weighted by Gasteiger charge is 2.22. The molecular formula is C28H43N5O2. The van der Waals surface area contributed by atoms with Gasteiger partial charge in [-0.05, 0) is 43.7 Å². The van der Waals surface area contributed by atoms with E-state index >= 15 is 0 Å². The van der Waals surface area contributed by atoms with Crippen molar-refractivity contribution in [2.45, 2.75) is 86.6 Å². The van der Waals surface area contributed by atoms with Crippen molar-refractivity contribution in [1.29, 1.82) is 0 Å². The second-order valence-electron chi connectivity index (χ2n) is 12.0. The molecule has 1 unspecified atom stereocenters. The van der Waals surface area contributed by atoms with Gasteiger partial charge in [0.05, 0.1) is 17.5 Å². The van der Waals surface area contributed by atoms with Crippen LogP contribution in [-0.4, -0.2) is 39.3 Å². The van der Waals surface area contributed by atoms with Crippen LogP contribution in [0.1, 0.15) is 79.6 Å². The SMILES string of the molecule is CC[C@@H](CO)CC(C)Nc1nc(NCC(C)(C)C)nc(C)c1-c1cc2cc(C(C)(C)C)ncc2o1. The van der Waals surface area contributed by atoms with E-state index in [4.69, 9.17) is 14.4 Å². The molecule has 0 aliphatic carbocycles. The molecule has 0 aliphatic heterocycles. The van der Waals surface area contributed by atoms with Gasteiger partial charge < -0.3 is 20.2 Å². The lowest BCUT2D eigenvalue weighted by atomic mass is 9.91. The molecule has 3 heterocycles. The van der Waals surface area contributed by atoms with E-state index in [1.54, 1.807) is 6.20 Å². The van der Waals surface area contributed by atoms with Crippen LogP contribution in [0.25, 0.3) is 22.3 Å². The molecule has 0 aliphatic rings. The zero-order chi connectivity index (χ0) is 26.0. The Morgan fingerprint density at radius 2 is 1.80 bits per heavy atom. The van der Waals surface area contributed by atoms with Crippen molar-refractivity contribution >= 4 is 22.7 Å². The van der Waals surface area contributed by atoms with E-state index in [1.807, 2.05) is 6.92 Å². The minimum absolute atomic E-state index is 0.0459. The molecule has 0 saturated heterocycles. The molecule has 3 aromatic heterocycles. The van der Waals surface area contributed by atoms with Crippen LogP contribution in [0, 0.1) is 18.3 Å². The summed E-state index contributed by atoms with van der Waals surface area (Å²) in [5.74, 6) is 2.29. The van der Waals surface area contributed by atoms with Crippen LogP contribution in [0.3, 0.4) is 0 Å². The van der Waals surface area contributed by atoms with Crippen molar-refractivity contribution in [3.63, 3.8) is 0 Å². The van der Waals surface area contributed by atoms with Gasteiger partial charge in [-0.1, -0.05) is 54.9 Å². The number of furan rings is 1. The van der Waals surface area contributed by atoms with Gasteiger partial charge in [-0.3, -0.25) is 4.98 Å². The predicted octanol–water partition coefficient (Wildman–Crippen LogP) is 6.56. The van der Waals surface area contributed by atoms with Crippen LogP contribution in [0.5, 0.6) is 0 Å². The normalized spacial score (nSPS) is 14.2. The fraction of sp³-hybridized carbons (Fsp3) is 0.607. The minimum atomic E-state index is -0.0459. The molecule has 0 fully saturated rings. The second kappa shape index (κ2) is 10.5. The van der Waals surface area contributed by atoms with Crippen LogP contribution in [-0.2, 0) is 5.41 Å². The maximum atomic E-state index is 9.68. The zero-order valence-corrected chi connectivity index (χ0v) is 22.9. The highest BCUT2D eigenvalue weighted by molar-refractivity contribution is 5.86. The van der Waals surface area contributed by atoms with Crippen molar-refractivity contribution in [3.05, 3.63) is 29.7 Å². The molecule has 3 aromatic rings. The van der Waals surface area contributed by atoms with E-state index in [1.165, 1.54) is 0 Å². The molecule has 2 atom stereocenters. The van der Waals surface area contributed by atoms with Crippen molar-refractivity contribution in [2.24, 2.45) is 11.3 Å². The molecule has 0 bridgehead atoms. The number of hydrogen-bond donors (Lipinski definition) is 3. The Kier molecular flexibility index (Phi) is 8.10. The van der Waals surface area contributed by atoms with E-state index in [0.717, 1.165) is 58.9 Å². The Labute approximate surface area is 210 Å². The van der Waals surface area contributed by atoms with Gasteiger partial charge in [-0.2, -0.15) is 4.98 Å². The third-order valence-corrected chi connectivity index (χ3v) is 6.19. The zero-order valence-electron chi connectivity index (χ0n) is 22.9. The van der Waals surface area contributed by atoms with Gasteiger partial charge in [0.15, 0.2) is 5.58 Å². The number of hydrogen-bond acceptors (Lipinski definition) is 7. The Balaban J connectivity index is 2.04. The smallest absolute Gasteiger partial charge is 0.224 e. The van der Waals surface area contributed by atoms with Gasteiger partial charge in [-0.25, -0.2) is 4.98 Å². The molecular weight excluding hydrogens is 438 g/mol. The van der Waals surface area contributed by atoms with Gasteiger partial charge in [0.2, 0.25) is 5.95 Å². The second-order valence-corrected chi connectivity index (χ2v) is 12.0. The van der Waals surface area contributed by atoms with E-state index in [2.05, 4.69) is 83.1 Å². The van der Waals surface area contributed by atoms with Crippen molar-refractivity contribution in [1.82, 2.24) is 15.0 Å². The van der Waals surface area contributed by atoms with Gasteiger partial charge in [-0.15, -0.1) is 0 Å². The molecule has 7 heteroatoms. The number of aliphatic hydroxyl groups excluding tert-OH is 1. The number of aromatic nitrogens is 3. The maximum absolute atomic E-state index is 9.68. The average molecular weight is 482 g/mol. The third-order valence-electron chi connectivity index (χ3n) is 6.19. The molecule has 0 aromatic carbocycles. The summed E-state index contributed by atoms with van der Waals surface area (Å²) in [7, 11) is 0. The van der Waals surface area contributed by atoms with Gasteiger partial charge in [0, 0.05) is 35.7 Å². The first-order valence-corrected chi connectivity index (χ1v) is 12.7. The lowest BCUT2D eigenvalue weighted by Crippen LogP contribution is -2.24. The summed E-state index contributed by atoms with van der Waals surface area (Å²) >= 11 is 0. The summed E-state index contributed by atoms with van der Waals surface area (Å²) in [6.45, 7) is 20.2. The minimum Gasteiger partial charge on any atom is -0.454 e. The summed E-state index contributed by atoms with van der Waals surface area (Å²) in [6, 6.07) is 4.27. The predicted molar refractivity (Wildman–Crippen MR) is 145 cm³/mol. The van der Waals surface area contributed by atoms with Crippen molar-refractivity contribution in [3.8, 4) is 11.3 Å². The molecule has 0 amide bonds. The lowest BCUT2D eigenvalue weighted by molar-refractivity contribution is 0.211. The molecule has 35 heavy (non-hydrogen) atoms. The van der Waals surface area contributed by atoms with Crippen LogP contribution in [0.2, 0.25) is 0 Å². The molecule has 0 saturated carbocycles. The lowest BCUT2D eigenvalue weighted by Gasteiger charge is -2.23. The number of pyridine rings is 1. The van der Waals surface area contributed by atoms with Crippen LogP contribution in [0.15, 0.2) is 22.7 Å². The number of aliphatic hydroxyl groups is 1. The average Bonchev–Trinajstić information content (AvgIpc) is 3.17. The Morgan fingerprint density at radius 1 is 1.09 bits per heavy atom. The van der Waals surface area contributed by atoms with Crippen LogP contribution >= 0.6 is 0 Å². The summed E-state index contributed by atoms with van der Waals surface area (Å²) < 4.78 is 6.26. The highest BCUT2D eigenvalue weighted by atomic mass is 16.3. The van der Waals surface area contributed by atoms with E-state index in [9.17, 15) is 5.11 Å². The number of rotatable bonds is 9. The quantitative estimate of drug-likeness (QED) is 0.318. The number of nitrogens with zero attached hydrogens (tertiary/aromatic N) is 3. The Morgan fingerprint density at radius 3 is 2.40 bits per heavy atom. The topological polar surface area (TPSA) is 96.1 Å². The van der Waals surface area contributed by atoms with Crippen molar-refractivity contribution < 1.29 is 9.52 Å². The number of aryl methyl sites for hydroxylation is 1. The third kappa shape index (κ3) is 6.94. The summed E-state index contributed by atoms with van der Waals surface area (Å²) in [6.07, 6.45) is 3.58. The molecule has 192 valence electrons. The monoisotopic (exact) mass is 481 g/mol. The first-order valence-electron chi connectivity index (χ1n) is 12.7. The standard InChI is InChI=1S/C28H43N5O2/c1-10-19(15-34)11-17(2)31-25-24(18(3)32-26(33-25)30-16-27(4,5)6)21-12-20-13-23(28(7,8)9)29-14-22(20)35-21/h12-14,17,19,34H,10-11,15-16H2,1-9H3,(H2,30,31,32,33)/t17?,19-/m1/s1. The van der Waals surface area contributed by atoms with E-state index in [-0.39, 0.29) is 29.4 Å². The molecule has 3 N–H and O–H groups in total. The number of fused-ring (bicyclic) bond motifs is 1. The van der Waals surface area contributed by atoms with Crippen LogP contribution < -0.4 is 10.6 Å². The van der Waals surface area contributed by atoms with Crippen molar-refractivity contribution in [2.75, 3.05) is 23.8 Å². The Hall–Kier alpha value is -2.67. The molecule has 7 nitrogen and oxygen atoms in total. The largest absolute Gasteiger partial charge is 0.454 e. The fourth-order valence-electron chi connectivity index (χ4n) is 4.04. The fourth-order valence-corrected chi connectivity index (χ4v) is 4.04. The van der Waals surface area contributed by atoms with Gasteiger partial charge in [0.25, 0.3) is 0 Å². The summed E-state index contributed by atoms with van der Waals surface area (Å²) in [5.41, 5.74) is 3.51. The number of anilines is 2. The Bertz CT molecular complexity index is 1140. The van der Waals surface area contributed by atoms with Crippen LogP contribution in [0.4, 0.5) is 11.8 Å². The molecule has 0 radical (unpaired) electrons. The van der Waals surface area contributed by atoms with E-state index < -0.39 is 0 Å². The highest BCUT2D eigenvalue weighted by Crippen LogP contribution is 2.36. The van der Waals surface area contributed by atoms with Gasteiger partial charge in [0.1, 0.15) is 11.6 Å². The first-order chi connectivity index (χ1) is 16.3. The molecule has 0 spiro atoms. The summed E-state index contributed by atoms with van der Waals surface area (Å²) in [4.78, 5) is 14.2.